The first-order valence-electron chi connectivity index (χ1n) is 9.61. The Hall–Kier alpha value is -2.82. The van der Waals surface area contributed by atoms with Crippen LogP contribution in [0.25, 0.3) is 0 Å². The van der Waals surface area contributed by atoms with Crippen molar-refractivity contribution in [3.05, 3.63) is 59.7 Å². The average Bonchev–Trinajstić information content (AvgIpc) is 2.67. The Morgan fingerprint density at radius 3 is 2.48 bits per heavy atom. The van der Waals surface area contributed by atoms with Crippen molar-refractivity contribution in [2.75, 3.05) is 17.2 Å². The molecule has 0 heterocycles. The van der Waals surface area contributed by atoms with E-state index in [2.05, 4.69) is 16.0 Å². The third-order valence-corrected chi connectivity index (χ3v) is 4.82. The number of amides is 2. The van der Waals surface area contributed by atoms with Gasteiger partial charge in [-0.3, -0.25) is 9.59 Å². The third-order valence-electron chi connectivity index (χ3n) is 4.82. The van der Waals surface area contributed by atoms with E-state index in [1.165, 1.54) is 19.3 Å². The highest BCUT2D eigenvalue weighted by Gasteiger charge is 2.16. The summed E-state index contributed by atoms with van der Waals surface area (Å²) in [6.07, 6.45) is 5.74. The van der Waals surface area contributed by atoms with Crippen LogP contribution in [0.2, 0.25) is 0 Å². The third kappa shape index (κ3) is 5.84. The Bertz CT molecular complexity index is 798. The van der Waals surface area contributed by atoms with E-state index >= 15 is 0 Å². The van der Waals surface area contributed by atoms with Crippen LogP contribution < -0.4 is 16.0 Å². The van der Waals surface area contributed by atoms with E-state index in [9.17, 15) is 9.59 Å². The van der Waals surface area contributed by atoms with Crippen molar-refractivity contribution in [2.24, 2.45) is 0 Å². The van der Waals surface area contributed by atoms with Gasteiger partial charge in [0.15, 0.2) is 0 Å². The maximum absolute atomic E-state index is 12.5. The van der Waals surface area contributed by atoms with Crippen LogP contribution in [-0.4, -0.2) is 24.4 Å². The summed E-state index contributed by atoms with van der Waals surface area (Å²) in [7, 11) is 0. The second-order valence-electron chi connectivity index (χ2n) is 7.16. The summed E-state index contributed by atoms with van der Waals surface area (Å²) in [4.78, 5) is 24.6. The Morgan fingerprint density at radius 2 is 1.70 bits per heavy atom. The molecule has 0 saturated heterocycles. The summed E-state index contributed by atoms with van der Waals surface area (Å²) in [5, 5.41) is 9.07. The van der Waals surface area contributed by atoms with E-state index in [0.29, 0.717) is 5.56 Å². The van der Waals surface area contributed by atoms with Gasteiger partial charge in [0, 0.05) is 23.0 Å². The van der Waals surface area contributed by atoms with Crippen LogP contribution in [0.1, 0.15) is 48.0 Å². The molecule has 0 bridgehead atoms. The molecule has 3 rings (SSSR count). The van der Waals surface area contributed by atoms with Gasteiger partial charge in [0.25, 0.3) is 5.91 Å². The predicted molar refractivity (Wildman–Crippen MR) is 109 cm³/mol. The molecule has 1 saturated carbocycles. The minimum Gasteiger partial charge on any atom is -0.376 e. The Kier molecular flexibility index (Phi) is 6.47. The molecule has 27 heavy (non-hydrogen) atoms. The summed E-state index contributed by atoms with van der Waals surface area (Å²) in [6, 6.07) is 15.2. The number of carbonyl (C=O) groups excluding carboxylic acids is 2. The summed E-state index contributed by atoms with van der Waals surface area (Å²) in [6.45, 7) is 2.12. The molecule has 0 spiro atoms. The number of aryl methyl sites for hydroxylation is 1. The zero-order valence-corrected chi connectivity index (χ0v) is 15.8. The zero-order chi connectivity index (χ0) is 19.1. The van der Waals surface area contributed by atoms with Crippen molar-refractivity contribution >= 4 is 23.2 Å². The fraction of sp³-hybridized carbons (Fsp3) is 0.364. The Labute approximate surface area is 160 Å². The molecule has 5 heteroatoms. The highest BCUT2D eigenvalue weighted by atomic mass is 16.2. The molecule has 0 unspecified atom stereocenters. The van der Waals surface area contributed by atoms with E-state index in [1.807, 2.05) is 43.3 Å². The van der Waals surface area contributed by atoms with Crippen molar-refractivity contribution < 1.29 is 9.59 Å². The van der Waals surface area contributed by atoms with E-state index in [1.54, 1.807) is 12.1 Å². The van der Waals surface area contributed by atoms with Gasteiger partial charge >= 0.3 is 0 Å². The average molecular weight is 365 g/mol. The fourth-order valence-electron chi connectivity index (χ4n) is 3.40. The molecule has 1 fully saturated rings. The van der Waals surface area contributed by atoms with E-state index in [-0.39, 0.29) is 24.4 Å². The second-order valence-corrected chi connectivity index (χ2v) is 7.16. The van der Waals surface area contributed by atoms with E-state index in [0.717, 1.165) is 29.8 Å². The molecule has 0 atom stereocenters. The molecule has 0 aromatic heterocycles. The molecule has 142 valence electrons. The normalized spacial score (nSPS) is 14.4. The SMILES string of the molecule is Cc1cccc(NC(=O)CNc2cccc(C(=O)NC3CCCCC3)c2)c1. The monoisotopic (exact) mass is 365 g/mol. The lowest BCUT2D eigenvalue weighted by Crippen LogP contribution is -2.36. The van der Waals surface area contributed by atoms with Gasteiger partial charge in [-0.2, -0.15) is 0 Å². The standard InChI is InChI=1S/C22H27N3O2/c1-16-7-5-12-20(13-16)24-21(26)15-23-19-11-6-8-17(14-19)22(27)25-18-9-3-2-4-10-18/h5-8,11-14,18,23H,2-4,9-10,15H2,1H3,(H,24,26)(H,25,27). The molecule has 0 aliphatic heterocycles. The number of rotatable bonds is 6. The predicted octanol–water partition coefficient (Wildman–Crippen LogP) is 4.11. The van der Waals surface area contributed by atoms with Crippen molar-refractivity contribution in [3.8, 4) is 0 Å². The molecular formula is C22H27N3O2. The minimum absolute atomic E-state index is 0.0465. The topological polar surface area (TPSA) is 70.2 Å². The number of anilines is 2. The second kappa shape index (κ2) is 9.21. The number of hydrogen-bond acceptors (Lipinski definition) is 3. The minimum atomic E-state index is -0.127. The van der Waals surface area contributed by atoms with Crippen LogP contribution in [0.4, 0.5) is 11.4 Å². The maximum Gasteiger partial charge on any atom is 0.251 e. The van der Waals surface area contributed by atoms with Crippen LogP contribution in [0.5, 0.6) is 0 Å². The lowest BCUT2D eigenvalue weighted by molar-refractivity contribution is -0.114. The number of nitrogens with one attached hydrogen (secondary N) is 3. The lowest BCUT2D eigenvalue weighted by atomic mass is 9.95. The molecule has 1 aliphatic rings. The summed E-state index contributed by atoms with van der Waals surface area (Å²) in [5.41, 5.74) is 3.25. The first kappa shape index (κ1) is 19.0. The lowest BCUT2D eigenvalue weighted by Gasteiger charge is -2.22. The van der Waals surface area contributed by atoms with E-state index < -0.39 is 0 Å². The van der Waals surface area contributed by atoms with Crippen molar-refractivity contribution in [1.29, 1.82) is 0 Å². The van der Waals surface area contributed by atoms with Crippen molar-refractivity contribution in [1.82, 2.24) is 5.32 Å². The smallest absolute Gasteiger partial charge is 0.251 e. The van der Waals surface area contributed by atoms with E-state index in [4.69, 9.17) is 0 Å². The van der Waals surface area contributed by atoms with Crippen LogP contribution in [0.15, 0.2) is 48.5 Å². The number of carbonyl (C=O) groups is 2. The van der Waals surface area contributed by atoms with Crippen molar-refractivity contribution in [3.63, 3.8) is 0 Å². The summed E-state index contributed by atoms with van der Waals surface area (Å²) >= 11 is 0. The first-order chi connectivity index (χ1) is 13.1. The van der Waals surface area contributed by atoms with Gasteiger partial charge in [-0.1, -0.05) is 37.5 Å². The molecule has 0 radical (unpaired) electrons. The Morgan fingerprint density at radius 1 is 0.963 bits per heavy atom. The van der Waals surface area contributed by atoms with Gasteiger partial charge in [-0.05, 0) is 55.7 Å². The largest absolute Gasteiger partial charge is 0.376 e. The summed E-state index contributed by atoms with van der Waals surface area (Å²) < 4.78 is 0. The van der Waals surface area contributed by atoms with Crippen LogP contribution in [0, 0.1) is 6.92 Å². The molecule has 2 aromatic carbocycles. The molecule has 2 aromatic rings. The van der Waals surface area contributed by atoms with Gasteiger partial charge < -0.3 is 16.0 Å². The molecule has 2 amide bonds. The van der Waals surface area contributed by atoms with Gasteiger partial charge in [-0.15, -0.1) is 0 Å². The van der Waals surface area contributed by atoms with Gasteiger partial charge in [0.1, 0.15) is 0 Å². The van der Waals surface area contributed by atoms with Crippen LogP contribution >= 0.6 is 0 Å². The van der Waals surface area contributed by atoms with Gasteiger partial charge in [-0.25, -0.2) is 0 Å². The maximum atomic E-state index is 12.5. The van der Waals surface area contributed by atoms with Gasteiger partial charge in [0.05, 0.1) is 6.54 Å². The Balaban J connectivity index is 1.52. The number of hydrogen-bond donors (Lipinski definition) is 3. The highest BCUT2D eigenvalue weighted by molar-refractivity contribution is 5.96. The zero-order valence-electron chi connectivity index (χ0n) is 15.8. The first-order valence-corrected chi connectivity index (χ1v) is 9.61. The summed E-state index contributed by atoms with van der Waals surface area (Å²) in [5.74, 6) is -0.174. The highest BCUT2D eigenvalue weighted by Crippen LogP contribution is 2.18. The molecule has 5 nitrogen and oxygen atoms in total. The van der Waals surface area contributed by atoms with Crippen molar-refractivity contribution in [2.45, 2.75) is 45.1 Å². The molecule has 1 aliphatic carbocycles. The number of benzene rings is 2. The quantitative estimate of drug-likeness (QED) is 0.721. The fourth-order valence-corrected chi connectivity index (χ4v) is 3.40. The molecule has 3 N–H and O–H groups in total. The van der Waals surface area contributed by atoms with Crippen LogP contribution in [0.3, 0.4) is 0 Å². The molecular weight excluding hydrogens is 338 g/mol. The van der Waals surface area contributed by atoms with Crippen LogP contribution in [-0.2, 0) is 4.79 Å². The van der Waals surface area contributed by atoms with Gasteiger partial charge in [0.2, 0.25) is 5.91 Å².